The zero-order valence-corrected chi connectivity index (χ0v) is 11.7. The minimum Gasteiger partial charge on any atom is -0.369 e. The molecular formula is C14H25N3O2. The Morgan fingerprint density at radius 1 is 1.37 bits per heavy atom. The van der Waals surface area contributed by atoms with Crippen LogP contribution in [0, 0.1) is 11.8 Å². The molecule has 5 nitrogen and oxygen atoms in total. The first-order chi connectivity index (χ1) is 9.11. The van der Waals surface area contributed by atoms with Crippen LogP contribution in [0.2, 0.25) is 0 Å². The van der Waals surface area contributed by atoms with E-state index in [1.165, 1.54) is 0 Å². The van der Waals surface area contributed by atoms with Gasteiger partial charge < -0.3 is 16.0 Å². The quantitative estimate of drug-likeness (QED) is 0.781. The zero-order valence-electron chi connectivity index (χ0n) is 11.7. The monoisotopic (exact) mass is 267 g/mol. The third kappa shape index (κ3) is 3.47. The van der Waals surface area contributed by atoms with Gasteiger partial charge in [0.05, 0.1) is 12.0 Å². The van der Waals surface area contributed by atoms with E-state index >= 15 is 0 Å². The molecule has 2 fully saturated rings. The van der Waals surface area contributed by atoms with Crippen LogP contribution >= 0.6 is 0 Å². The first kappa shape index (κ1) is 14.3. The summed E-state index contributed by atoms with van der Waals surface area (Å²) in [5, 5.41) is 3.32. The van der Waals surface area contributed by atoms with E-state index in [2.05, 4.69) is 12.2 Å². The standard InChI is InChI=1S/C14H25N3O2/c1-2-10-5-6-16-12(8-10)14(19)17-7-3-4-11(9-17)13(15)18/h10-12,16H,2-9H2,1H3,(H2,15,18). The van der Waals surface area contributed by atoms with Gasteiger partial charge in [-0.15, -0.1) is 0 Å². The lowest BCUT2D eigenvalue weighted by molar-refractivity contribution is -0.137. The third-order valence-electron chi connectivity index (χ3n) is 4.52. The highest BCUT2D eigenvalue weighted by molar-refractivity contribution is 5.83. The minimum atomic E-state index is -0.277. The Balaban J connectivity index is 1.93. The van der Waals surface area contributed by atoms with Crippen molar-refractivity contribution in [3.8, 4) is 0 Å². The van der Waals surface area contributed by atoms with Gasteiger partial charge in [-0.2, -0.15) is 0 Å². The van der Waals surface area contributed by atoms with Crippen molar-refractivity contribution in [2.24, 2.45) is 17.6 Å². The van der Waals surface area contributed by atoms with Gasteiger partial charge in [0.15, 0.2) is 0 Å². The van der Waals surface area contributed by atoms with Gasteiger partial charge in [-0.05, 0) is 38.1 Å². The summed E-state index contributed by atoms with van der Waals surface area (Å²) in [6, 6.07) is -0.0645. The highest BCUT2D eigenvalue weighted by atomic mass is 16.2. The summed E-state index contributed by atoms with van der Waals surface area (Å²) >= 11 is 0. The molecule has 5 heteroatoms. The number of primary amides is 1. The number of amides is 2. The number of nitrogens with two attached hydrogens (primary N) is 1. The molecule has 0 radical (unpaired) electrons. The third-order valence-corrected chi connectivity index (χ3v) is 4.52. The van der Waals surface area contributed by atoms with E-state index in [1.807, 2.05) is 4.90 Å². The number of likely N-dealkylation sites (tertiary alicyclic amines) is 1. The zero-order chi connectivity index (χ0) is 13.8. The van der Waals surface area contributed by atoms with E-state index in [4.69, 9.17) is 5.73 Å². The first-order valence-corrected chi connectivity index (χ1v) is 7.43. The molecule has 2 rings (SSSR count). The van der Waals surface area contributed by atoms with Crippen LogP contribution in [0.5, 0.6) is 0 Å². The fourth-order valence-electron chi connectivity index (χ4n) is 3.19. The molecule has 0 aliphatic carbocycles. The van der Waals surface area contributed by atoms with Crippen molar-refractivity contribution in [2.75, 3.05) is 19.6 Å². The number of nitrogens with one attached hydrogen (secondary N) is 1. The van der Waals surface area contributed by atoms with Crippen molar-refractivity contribution in [3.63, 3.8) is 0 Å². The number of carbonyl (C=O) groups is 2. The number of rotatable bonds is 3. The van der Waals surface area contributed by atoms with Gasteiger partial charge in [-0.3, -0.25) is 9.59 Å². The molecule has 3 atom stereocenters. The molecule has 0 saturated carbocycles. The average Bonchev–Trinajstić information content (AvgIpc) is 2.46. The summed E-state index contributed by atoms with van der Waals surface area (Å²) in [7, 11) is 0. The van der Waals surface area contributed by atoms with Gasteiger partial charge in [0.25, 0.3) is 0 Å². The molecule has 0 bridgehead atoms. The fourth-order valence-corrected chi connectivity index (χ4v) is 3.19. The van der Waals surface area contributed by atoms with Gasteiger partial charge in [0.1, 0.15) is 0 Å². The normalized spacial score (nSPS) is 32.1. The van der Waals surface area contributed by atoms with Gasteiger partial charge in [0.2, 0.25) is 11.8 Å². The second kappa shape index (κ2) is 6.37. The molecule has 19 heavy (non-hydrogen) atoms. The second-order valence-corrected chi connectivity index (χ2v) is 5.83. The predicted octanol–water partition coefficient (Wildman–Crippen LogP) is 0.489. The Labute approximate surface area is 114 Å². The van der Waals surface area contributed by atoms with Crippen LogP contribution in [0.4, 0.5) is 0 Å². The van der Waals surface area contributed by atoms with Crippen LogP contribution in [0.3, 0.4) is 0 Å². The smallest absolute Gasteiger partial charge is 0.239 e. The Kier molecular flexibility index (Phi) is 4.80. The second-order valence-electron chi connectivity index (χ2n) is 5.83. The number of carbonyl (C=O) groups excluding carboxylic acids is 2. The summed E-state index contributed by atoms with van der Waals surface area (Å²) in [5.41, 5.74) is 5.36. The van der Waals surface area contributed by atoms with Crippen molar-refractivity contribution in [3.05, 3.63) is 0 Å². The molecule has 3 N–H and O–H groups in total. The molecule has 3 unspecified atom stereocenters. The SMILES string of the molecule is CCC1CCNC(C(=O)N2CCCC(C(N)=O)C2)C1. The van der Waals surface area contributed by atoms with E-state index in [-0.39, 0.29) is 23.8 Å². The van der Waals surface area contributed by atoms with Crippen molar-refractivity contribution < 1.29 is 9.59 Å². The molecule has 2 saturated heterocycles. The van der Waals surface area contributed by atoms with Crippen LogP contribution in [-0.2, 0) is 9.59 Å². The Hall–Kier alpha value is -1.10. The first-order valence-electron chi connectivity index (χ1n) is 7.43. The highest BCUT2D eigenvalue weighted by Crippen LogP contribution is 2.23. The lowest BCUT2D eigenvalue weighted by Crippen LogP contribution is -2.53. The van der Waals surface area contributed by atoms with E-state index in [1.54, 1.807) is 0 Å². The molecule has 0 aromatic heterocycles. The lowest BCUT2D eigenvalue weighted by Gasteiger charge is -2.36. The maximum Gasteiger partial charge on any atom is 0.239 e. The van der Waals surface area contributed by atoms with Crippen LogP contribution in [0.25, 0.3) is 0 Å². The topological polar surface area (TPSA) is 75.4 Å². The van der Waals surface area contributed by atoms with Crippen LogP contribution in [0.1, 0.15) is 39.0 Å². The number of hydrogen-bond donors (Lipinski definition) is 2. The predicted molar refractivity (Wildman–Crippen MR) is 73.3 cm³/mol. The number of piperidine rings is 2. The molecule has 108 valence electrons. The van der Waals surface area contributed by atoms with Crippen LogP contribution in [0.15, 0.2) is 0 Å². The molecule has 0 aromatic carbocycles. The molecule has 2 amide bonds. The Morgan fingerprint density at radius 3 is 2.84 bits per heavy atom. The minimum absolute atomic E-state index is 0.0645. The summed E-state index contributed by atoms with van der Waals surface area (Å²) < 4.78 is 0. The van der Waals surface area contributed by atoms with Crippen molar-refractivity contribution >= 4 is 11.8 Å². The fraction of sp³-hybridized carbons (Fsp3) is 0.857. The van der Waals surface area contributed by atoms with Gasteiger partial charge in [0, 0.05) is 13.1 Å². The maximum absolute atomic E-state index is 12.5. The van der Waals surface area contributed by atoms with Gasteiger partial charge in [-0.1, -0.05) is 13.3 Å². The van der Waals surface area contributed by atoms with Crippen molar-refractivity contribution in [1.29, 1.82) is 0 Å². The van der Waals surface area contributed by atoms with Crippen LogP contribution < -0.4 is 11.1 Å². The average molecular weight is 267 g/mol. The van der Waals surface area contributed by atoms with Gasteiger partial charge in [-0.25, -0.2) is 0 Å². The summed E-state index contributed by atoms with van der Waals surface area (Å²) in [5.74, 6) is 0.361. The van der Waals surface area contributed by atoms with E-state index < -0.39 is 0 Å². The summed E-state index contributed by atoms with van der Waals surface area (Å²) in [6.07, 6.45) is 4.91. The van der Waals surface area contributed by atoms with Crippen molar-refractivity contribution in [1.82, 2.24) is 10.2 Å². The van der Waals surface area contributed by atoms with E-state index in [0.29, 0.717) is 12.5 Å². The largest absolute Gasteiger partial charge is 0.369 e. The Bertz CT molecular complexity index is 346. The van der Waals surface area contributed by atoms with Crippen LogP contribution in [-0.4, -0.2) is 42.4 Å². The van der Waals surface area contributed by atoms with Gasteiger partial charge >= 0.3 is 0 Å². The number of hydrogen-bond acceptors (Lipinski definition) is 3. The van der Waals surface area contributed by atoms with Crippen molar-refractivity contribution in [2.45, 2.75) is 45.1 Å². The molecular weight excluding hydrogens is 242 g/mol. The van der Waals surface area contributed by atoms with E-state index in [0.717, 1.165) is 45.2 Å². The molecule has 2 aliphatic heterocycles. The number of nitrogens with zero attached hydrogens (tertiary/aromatic N) is 1. The highest BCUT2D eigenvalue weighted by Gasteiger charge is 2.33. The summed E-state index contributed by atoms with van der Waals surface area (Å²) in [4.78, 5) is 25.6. The maximum atomic E-state index is 12.5. The van der Waals surface area contributed by atoms with E-state index in [9.17, 15) is 9.59 Å². The molecule has 2 heterocycles. The molecule has 0 aromatic rings. The summed E-state index contributed by atoms with van der Waals surface area (Å²) in [6.45, 7) is 4.37. The molecule has 2 aliphatic rings. The lowest BCUT2D eigenvalue weighted by atomic mass is 9.89. The Morgan fingerprint density at radius 2 is 2.16 bits per heavy atom. The molecule has 0 spiro atoms.